The lowest BCUT2D eigenvalue weighted by Gasteiger charge is -2.42. The topological polar surface area (TPSA) is 53.4 Å². The molecule has 1 aromatic heterocycles. The number of para-hydroxylation sites is 1. The average molecular weight is 353 g/mol. The van der Waals surface area contributed by atoms with Crippen molar-refractivity contribution >= 4 is 11.7 Å². The fourth-order valence-corrected chi connectivity index (χ4v) is 4.29. The minimum Gasteiger partial charge on any atom is -0.319 e. The van der Waals surface area contributed by atoms with Crippen LogP contribution in [-0.4, -0.2) is 57.3 Å². The number of carbonyl (C=O) groups is 1. The van der Waals surface area contributed by atoms with Crippen molar-refractivity contribution in [3.63, 3.8) is 0 Å². The van der Waals surface area contributed by atoms with Gasteiger partial charge < -0.3 is 10.2 Å². The molecule has 0 radical (unpaired) electrons. The molecule has 4 rings (SSSR count). The van der Waals surface area contributed by atoms with Crippen LogP contribution in [0.1, 0.15) is 31.2 Å². The third kappa shape index (κ3) is 2.98. The molecule has 0 bridgehead atoms. The molecule has 2 saturated heterocycles. The first kappa shape index (κ1) is 17.1. The largest absolute Gasteiger partial charge is 0.322 e. The maximum atomic E-state index is 13.0. The first-order valence-electron chi connectivity index (χ1n) is 9.48. The number of aryl methyl sites for hydroxylation is 1. The Morgan fingerprint density at radius 3 is 2.73 bits per heavy atom. The molecule has 6 nitrogen and oxygen atoms in total. The smallest absolute Gasteiger partial charge is 0.319 e. The molecule has 0 aliphatic carbocycles. The van der Waals surface area contributed by atoms with E-state index < -0.39 is 0 Å². The maximum absolute atomic E-state index is 13.0. The zero-order chi connectivity index (χ0) is 18.3. The van der Waals surface area contributed by atoms with Gasteiger partial charge in [0.15, 0.2) is 0 Å². The number of benzene rings is 1. The Balaban J connectivity index is 1.54. The number of rotatable bonds is 2. The van der Waals surface area contributed by atoms with Crippen LogP contribution in [0.2, 0.25) is 0 Å². The Morgan fingerprint density at radius 2 is 1.96 bits per heavy atom. The zero-order valence-electron chi connectivity index (χ0n) is 15.8. The SMILES string of the molecule is Cc1nn(-c2ccccc2)c(C)c1NC(=O)N1C[C@H]2CCCN2C[C@@H]1C. The van der Waals surface area contributed by atoms with Gasteiger partial charge in [-0.1, -0.05) is 18.2 Å². The van der Waals surface area contributed by atoms with Crippen LogP contribution < -0.4 is 5.32 Å². The Kier molecular flexibility index (Phi) is 4.44. The van der Waals surface area contributed by atoms with Crippen LogP contribution >= 0.6 is 0 Å². The summed E-state index contributed by atoms with van der Waals surface area (Å²) in [6.45, 7) is 9.05. The summed E-state index contributed by atoms with van der Waals surface area (Å²) in [7, 11) is 0. The van der Waals surface area contributed by atoms with Crippen molar-refractivity contribution in [3.05, 3.63) is 41.7 Å². The molecule has 1 aromatic carbocycles. The highest BCUT2D eigenvalue weighted by Crippen LogP contribution is 2.27. The fraction of sp³-hybridized carbons (Fsp3) is 0.500. The van der Waals surface area contributed by atoms with Gasteiger partial charge in [0.25, 0.3) is 0 Å². The van der Waals surface area contributed by atoms with Gasteiger partial charge in [-0.15, -0.1) is 0 Å². The van der Waals surface area contributed by atoms with Crippen LogP contribution in [0.3, 0.4) is 0 Å². The van der Waals surface area contributed by atoms with Crippen LogP contribution in [0.15, 0.2) is 30.3 Å². The summed E-state index contributed by atoms with van der Waals surface area (Å²) in [6, 6.07) is 10.8. The van der Waals surface area contributed by atoms with Gasteiger partial charge in [-0.3, -0.25) is 4.90 Å². The highest BCUT2D eigenvalue weighted by atomic mass is 16.2. The molecule has 2 aliphatic heterocycles. The third-order valence-corrected chi connectivity index (χ3v) is 5.72. The lowest BCUT2D eigenvalue weighted by molar-refractivity contribution is 0.0861. The van der Waals surface area contributed by atoms with Crippen molar-refractivity contribution in [3.8, 4) is 5.69 Å². The second kappa shape index (κ2) is 6.76. The van der Waals surface area contributed by atoms with Crippen molar-refractivity contribution in [2.24, 2.45) is 0 Å². The van der Waals surface area contributed by atoms with Gasteiger partial charge >= 0.3 is 6.03 Å². The van der Waals surface area contributed by atoms with Crippen LogP contribution in [0, 0.1) is 13.8 Å². The summed E-state index contributed by atoms with van der Waals surface area (Å²) in [4.78, 5) is 17.5. The molecule has 2 amide bonds. The van der Waals surface area contributed by atoms with E-state index in [0.717, 1.165) is 35.9 Å². The van der Waals surface area contributed by atoms with E-state index >= 15 is 0 Å². The van der Waals surface area contributed by atoms with Crippen molar-refractivity contribution < 1.29 is 4.79 Å². The predicted molar refractivity (Wildman–Crippen MR) is 103 cm³/mol. The molecule has 2 aliphatic rings. The average Bonchev–Trinajstić information content (AvgIpc) is 3.20. The van der Waals surface area contributed by atoms with Gasteiger partial charge in [0, 0.05) is 25.2 Å². The third-order valence-electron chi connectivity index (χ3n) is 5.72. The standard InChI is InChI=1S/C20H27N5O/c1-14-12-23-11-7-10-18(23)13-24(14)20(26)21-19-15(2)22-25(16(19)3)17-8-5-4-6-9-17/h4-6,8-9,14,18H,7,10-13H2,1-3H3,(H,21,26)/t14-,18+/m0/s1. The molecular formula is C20H27N5O. The van der Waals surface area contributed by atoms with E-state index in [1.54, 1.807) is 0 Å². The van der Waals surface area contributed by atoms with E-state index in [4.69, 9.17) is 0 Å². The number of nitrogens with zero attached hydrogens (tertiary/aromatic N) is 4. The summed E-state index contributed by atoms with van der Waals surface area (Å²) >= 11 is 0. The van der Waals surface area contributed by atoms with Crippen LogP contribution in [0.25, 0.3) is 5.69 Å². The number of urea groups is 1. The number of hydrogen-bond acceptors (Lipinski definition) is 3. The van der Waals surface area contributed by atoms with E-state index in [1.807, 2.05) is 53.8 Å². The molecule has 6 heteroatoms. The summed E-state index contributed by atoms with van der Waals surface area (Å²) in [5.41, 5.74) is 3.61. The Hall–Kier alpha value is -2.34. The van der Waals surface area contributed by atoms with E-state index in [1.165, 1.54) is 19.4 Å². The van der Waals surface area contributed by atoms with Gasteiger partial charge in [-0.2, -0.15) is 5.10 Å². The van der Waals surface area contributed by atoms with Crippen LogP contribution in [0.4, 0.5) is 10.5 Å². The molecule has 2 atom stereocenters. The number of nitrogens with one attached hydrogen (secondary N) is 1. The summed E-state index contributed by atoms with van der Waals surface area (Å²) < 4.78 is 1.89. The highest BCUT2D eigenvalue weighted by Gasteiger charge is 2.36. The van der Waals surface area contributed by atoms with Crippen molar-refractivity contribution in [1.82, 2.24) is 19.6 Å². The van der Waals surface area contributed by atoms with Gasteiger partial charge in [0.1, 0.15) is 0 Å². The van der Waals surface area contributed by atoms with E-state index in [2.05, 4.69) is 22.2 Å². The molecule has 138 valence electrons. The maximum Gasteiger partial charge on any atom is 0.322 e. The Labute approximate surface area is 154 Å². The Morgan fingerprint density at radius 1 is 1.19 bits per heavy atom. The summed E-state index contributed by atoms with van der Waals surface area (Å²) in [6.07, 6.45) is 2.44. The number of carbonyl (C=O) groups excluding carboxylic acids is 1. The number of anilines is 1. The van der Waals surface area contributed by atoms with Crippen LogP contribution in [-0.2, 0) is 0 Å². The molecule has 1 N–H and O–H groups in total. The summed E-state index contributed by atoms with van der Waals surface area (Å²) in [5, 5.41) is 7.76. The quantitative estimate of drug-likeness (QED) is 0.902. The van der Waals surface area contributed by atoms with Crippen LogP contribution in [0.5, 0.6) is 0 Å². The normalized spacial score (nSPS) is 23.1. The number of fused-ring (bicyclic) bond motifs is 1. The van der Waals surface area contributed by atoms with Gasteiger partial charge in [-0.25, -0.2) is 9.48 Å². The molecule has 0 saturated carbocycles. The molecule has 2 aromatic rings. The van der Waals surface area contributed by atoms with Gasteiger partial charge in [-0.05, 0) is 52.3 Å². The van der Waals surface area contributed by atoms with E-state index in [-0.39, 0.29) is 12.1 Å². The highest BCUT2D eigenvalue weighted by molar-refractivity contribution is 5.91. The van der Waals surface area contributed by atoms with E-state index in [0.29, 0.717) is 6.04 Å². The molecule has 3 heterocycles. The second-order valence-electron chi connectivity index (χ2n) is 7.52. The lowest BCUT2D eigenvalue weighted by Crippen LogP contribution is -2.57. The molecule has 0 spiro atoms. The van der Waals surface area contributed by atoms with Gasteiger partial charge in [0.05, 0.1) is 22.8 Å². The molecule has 0 unspecified atom stereocenters. The number of amides is 2. The lowest BCUT2D eigenvalue weighted by atomic mass is 10.1. The summed E-state index contributed by atoms with van der Waals surface area (Å²) in [5.74, 6) is 0. The first-order valence-corrected chi connectivity index (χ1v) is 9.48. The zero-order valence-corrected chi connectivity index (χ0v) is 15.8. The van der Waals surface area contributed by atoms with E-state index in [9.17, 15) is 4.79 Å². The van der Waals surface area contributed by atoms with Crippen molar-refractivity contribution in [2.75, 3.05) is 25.0 Å². The number of aromatic nitrogens is 2. The first-order chi connectivity index (χ1) is 12.5. The number of hydrogen-bond donors (Lipinski definition) is 1. The molecular weight excluding hydrogens is 326 g/mol. The number of piperazine rings is 1. The van der Waals surface area contributed by atoms with Crippen molar-refractivity contribution in [1.29, 1.82) is 0 Å². The second-order valence-corrected chi connectivity index (χ2v) is 7.52. The van der Waals surface area contributed by atoms with Crippen molar-refractivity contribution in [2.45, 2.75) is 45.7 Å². The predicted octanol–water partition coefficient (Wildman–Crippen LogP) is 3.19. The van der Waals surface area contributed by atoms with Gasteiger partial charge in [0.2, 0.25) is 0 Å². The Bertz CT molecular complexity index is 800. The minimum atomic E-state index is -0.0112. The molecule has 26 heavy (non-hydrogen) atoms. The molecule has 2 fully saturated rings. The monoisotopic (exact) mass is 353 g/mol. The minimum absolute atomic E-state index is 0.0112. The fourth-order valence-electron chi connectivity index (χ4n) is 4.29.